The van der Waals surface area contributed by atoms with Crippen LogP contribution < -0.4 is 0 Å². The SMILES string of the molecule is CC1=C(C(=O)Cc2ccc3cnccc3c2)C(c2ccc(Cl)c(C(F)(F)F)c2)n2nc(CO)cc2C1. The first-order valence-electron chi connectivity index (χ1n) is 11.3. The number of fused-ring (bicyclic) bond motifs is 2. The fourth-order valence-electron chi connectivity index (χ4n) is 4.80. The number of hydrogen-bond acceptors (Lipinski definition) is 4. The minimum absolute atomic E-state index is 0.0740. The lowest BCUT2D eigenvalue weighted by Gasteiger charge is -2.30. The van der Waals surface area contributed by atoms with E-state index in [0.29, 0.717) is 23.4 Å². The van der Waals surface area contributed by atoms with Crippen molar-refractivity contribution in [3.05, 3.63) is 105 Å². The van der Waals surface area contributed by atoms with E-state index in [1.807, 2.05) is 31.2 Å². The minimum atomic E-state index is -4.66. The Bertz CT molecular complexity index is 1520. The summed E-state index contributed by atoms with van der Waals surface area (Å²) in [5.41, 5.74) is 2.27. The Morgan fingerprint density at radius 1 is 1.14 bits per heavy atom. The highest BCUT2D eigenvalue weighted by Crippen LogP contribution is 2.41. The van der Waals surface area contributed by atoms with Gasteiger partial charge in [0, 0.05) is 41.9 Å². The molecule has 1 aliphatic heterocycles. The van der Waals surface area contributed by atoms with Crippen molar-refractivity contribution in [3.8, 4) is 0 Å². The third kappa shape index (κ3) is 4.42. The molecule has 1 unspecified atom stereocenters. The zero-order valence-electron chi connectivity index (χ0n) is 19.2. The summed E-state index contributed by atoms with van der Waals surface area (Å²) in [6.07, 6.45) is -0.776. The number of allylic oxidation sites excluding steroid dienone is 2. The van der Waals surface area contributed by atoms with Gasteiger partial charge < -0.3 is 5.11 Å². The van der Waals surface area contributed by atoms with E-state index in [-0.39, 0.29) is 24.4 Å². The molecule has 184 valence electrons. The number of alkyl halides is 3. The molecular formula is C27H21ClF3N3O2. The molecule has 1 atom stereocenters. The molecule has 1 N–H and O–H groups in total. The van der Waals surface area contributed by atoms with E-state index in [4.69, 9.17) is 11.6 Å². The van der Waals surface area contributed by atoms with Crippen molar-refractivity contribution in [1.82, 2.24) is 14.8 Å². The lowest BCUT2D eigenvalue weighted by atomic mass is 9.85. The van der Waals surface area contributed by atoms with Crippen molar-refractivity contribution in [3.63, 3.8) is 0 Å². The van der Waals surface area contributed by atoms with E-state index >= 15 is 0 Å². The molecule has 2 aromatic carbocycles. The summed E-state index contributed by atoms with van der Waals surface area (Å²) in [6.45, 7) is 1.48. The van der Waals surface area contributed by atoms with Crippen molar-refractivity contribution in [2.45, 2.75) is 38.6 Å². The second kappa shape index (κ2) is 9.19. The van der Waals surface area contributed by atoms with Crippen LogP contribution in [-0.2, 0) is 30.4 Å². The van der Waals surface area contributed by atoms with Gasteiger partial charge >= 0.3 is 6.18 Å². The number of rotatable bonds is 5. The number of aliphatic hydroxyl groups excluding tert-OH is 1. The van der Waals surface area contributed by atoms with Gasteiger partial charge in [0.05, 0.1) is 22.9 Å². The second-order valence-corrected chi connectivity index (χ2v) is 9.30. The Labute approximate surface area is 209 Å². The highest BCUT2D eigenvalue weighted by atomic mass is 35.5. The van der Waals surface area contributed by atoms with Gasteiger partial charge in [-0.3, -0.25) is 14.5 Å². The average molecular weight is 512 g/mol. The topological polar surface area (TPSA) is 68.0 Å². The molecule has 0 bridgehead atoms. The number of carbonyl (C=O) groups excluding carboxylic acids is 1. The van der Waals surface area contributed by atoms with Crippen LogP contribution in [0.1, 0.15) is 41.0 Å². The van der Waals surface area contributed by atoms with E-state index in [1.165, 1.54) is 12.1 Å². The molecule has 5 rings (SSSR count). The molecule has 0 saturated carbocycles. The Morgan fingerprint density at radius 2 is 1.94 bits per heavy atom. The Morgan fingerprint density at radius 3 is 2.69 bits per heavy atom. The second-order valence-electron chi connectivity index (χ2n) is 8.90. The zero-order valence-corrected chi connectivity index (χ0v) is 19.9. The quantitative estimate of drug-likeness (QED) is 0.364. The van der Waals surface area contributed by atoms with Gasteiger partial charge in [-0.15, -0.1) is 0 Å². The van der Waals surface area contributed by atoms with Crippen molar-refractivity contribution in [2.75, 3.05) is 0 Å². The van der Waals surface area contributed by atoms with Gasteiger partial charge in [0.15, 0.2) is 5.78 Å². The molecule has 0 amide bonds. The van der Waals surface area contributed by atoms with E-state index in [9.17, 15) is 23.1 Å². The number of benzene rings is 2. The smallest absolute Gasteiger partial charge is 0.390 e. The van der Waals surface area contributed by atoms with E-state index < -0.39 is 22.8 Å². The molecule has 0 saturated heterocycles. The maximum atomic E-state index is 13.7. The number of hydrogen-bond donors (Lipinski definition) is 1. The summed E-state index contributed by atoms with van der Waals surface area (Å²) in [7, 11) is 0. The molecule has 0 fully saturated rings. The largest absolute Gasteiger partial charge is 0.417 e. The maximum Gasteiger partial charge on any atom is 0.417 e. The highest BCUT2D eigenvalue weighted by Gasteiger charge is 2.37. The Balaban J connectivity index is 1.60. The van der Waals surface area contributed by atoms with Crippen LogP contribution >= 0.6 is 11.6 Å². The van der Waals surface area contributed by atoms with Crippen LogP contribution in [0.15, 0.2) is 72.1 Å². The molecular weight excluding hydrogens is 491 g/mol. The molecule has 0 aliphatic carbocycles. The normalized spacial score (nSPS) is 15.9. The number of ketones is 1. The van der Waals surface area contributed by atoms with Crippen LogP contribution in [0.2, 0.25) is 5.02 Å². The fraction of sp³-hybridized carbons (Fsp3) is 0.222. The van der Waals surface area contributed by atoms with Gasteiger partial charge in [-0.2, -0.15) is 18.3 Å². The molecule has 4 aromatic rings. The number of nitrogens with zero attached hydrogens (tertiary/aromatic N) is 3. The summed E-state index contributed by atoms with van der Waals surface area (Å²) in [5, 5.41) is 15.5. The average Bonchev–Trinajstić information content (AvgIpc) is 3.25. The number of aromatic nitrogens is 3. The summed E-state index contributed by atoms with van der Waals surface area (Å²) >= 11 is 5.87. The molecule has 36 heavy (non-hydrogen) atoms. The third-order valence-corrected chi connectivity index (χ3v) is 6.76. The maximum absolute atomic E-state index is 13.7. The highest BCUT2D eigenvalue weighted by molar-refractivity contribution is 6.31. The van der Waals surface area contributed by atoms with Crippen molar-refractivity contribution >= 4 is 28.2 Å². The van der Waals surface area contributed by atoms with Gasteiger partial charge in [0.1, 0.15) is 6.04 Å². The number of pyridine rings is 1. The predicted molar refractivity (Wildman–Crippen MR) is 130 cm³/mol. The summed E-state index contributed by atoms with van der Waals surface area (Å²) in [6, 6.07) is 12.0. The molecule has 2 aromatic heterocycles. The van der Waals surface area contributed by atoms with Crippen molar-refractivity contribution in [1.29, 1.82) is 0 Å². The first-order chi connectivity index (χ1) is 17.2. The molecule has 1 aliphatic rings. The first kappa shape index (κ1) is 24.2. The lowest BCUT2D eigenvalue weighted by molar-refractivity contribution is -0.137. The standard InChI is InChI=1S/C27H21ClF3N3O2/c1-15-8-21-12-20(14-35)33-34(21)26(18-4-5-23(28)22(11-18)27(29,30)31)25(15)24(36)10-16-2-3-19-13-32-7-6-17(19)9-16/h2-7,9,11-13,26,35H,8,10,14H2,1H3. The third-order valence-electron chi connectivity index (χ3n) is 6.43. The van der Waals surface area contributed by atoms with Crippen LogP contribution in [0.4, 0.5) is 13.2 Å². The minimum Gasteiger partial charge on any atom is -0.390 e. The van der Waals surface area contributed by atoms with Crippen LogP contribution in [-0.4, -0.2) is 25.7 Å². The molecule has 0 spiro atoms. The molecule has 9 heteroatoms. The molecule has 5 nitrogen and oxygen atoms in total. The molecule has 0 radical (unpaired) electrons. The van der Waals surface area contributed by atoms with E-state index in [0.717, 1.165) is 28.0 Å². The number of carbonyl (C=O) groups is 1. The summed E-state index contributed by atoms with van der Waals surface area (Å²) in [4.78, 5) is 17.8. The van der Waals surface area contributed by atoms with Crippen LogP contribution in [0.25, 0.3) is 10.8 Å². The van der Waals surface area contributed by atoms with Crippen molar-refractivity contribution in [2.24, 2.45) is 0 Å². The first-order valence-corrected chi connectivity index (χ1v) is 11.6. The van der Waals surface area contributed by atoms with Gasteiger partial charge in [0.2, 0.25) is 0 Å². The number of aliphatic hydroxyl groups is 1. The Kier molecular flexibility index (Phi) is 6.18. The number of halogens is 4. The summed E-state index contributed by atoms with van der Waals surface area (Å²) in [5.74, 6) is -0.207. The van der Waals surface area contributed by atoms with Crippen LogP contribution in [0, 0.1) is 0 Å². The van der Waals surface area contributed by atoms with Gasteiger partial charge in [0.25, 0.3) is 0 Å². The van der Waals surface area contributed by atoms with Gasteiger partial charge in [-0.05, 0) is 47.7 Å². The monoisotopic (exact) mass is 511 g/mol. The lowest BCUT2D eigenvalue weighted by Crippen LogP contribution is -2.28. The summed E-state index contributed by atoms with van der Waals surface area (Å²) < 4.78 is 42.6. The van der Waals surface area contributed by atoms with Crippen LogP contribution in [0.3, 0.4) is 0 Å². The zero-order chi connectivity index (χ0) is 25.6. The van der Waals surface area contributed by atoms with Crippen LogP contribution in [0.5, 0.6) is 0 Å². The van der Waals surface area contributed by atoms with E-state index in [2.05, 4.69) is 10.1 Å². The van der Waals surface area contributed by atoms with E-state index in [1.54, 1.807) is 23.1 Å². The molecule has 3 heterocycles. The van der Waals surface area contributed by atoms with Gasteiger partial charge in [-0.1, -0.05) is 41.4 Å². The van der Waals surface area contributed by atoms with Gasteiger partial charge in [-0.25, -0.2) is 0 Å². The Hall–Kier alpha value is -3.49. The fourth-order valence-corrected chi connectivity index (χ4v) is 5.02. The van der Waals surface area contributed by atoms with Crippen molar-refractivity contribution < 1.29 is 23.1 Å². The predicted octanol–water partition coefficient (Wildman–Crippen LogP) is 5.87. The number of Topliss-reactive ketones (excluding diaryl/α,β-unsaturated/α-hetero) is 1.